The van der Waals surface area contributed by atoms with Crippen molar-refractivity contribution in [3.8, 4) is 0 Å². The van der Waals surface area contributed by atoms with Crippen LogP contribution in [0.25, 0.3) is 11.0 Å². The zero-order valence-corrected chi connectivity index (χ0v) is 9.26. The second-order valence-corrected chi connectivity index (χ2v) is 4.50. The molecule has 2 aromatic rings. The summed E-state index contributed by atoms with van der Waals surface area (Å²) in [5.74, 6) is -0.774. The lowest BCUT2D eigenvalue weighted by atomic mass is 9.88. The van der Waals surface area contributed by atoms with Gasteiger partial charge in [0, 0.05) is 13.1 Å². The third kappa shape index (κ3) is 1.51. The largest absolute Gasteiger partial charge is 0.481 e. The first-order valence-electron chi connectivity index (χ1n) is 5.56. The van der Waals surface area contributed by atoms with Crippen LogP contribution in [-0.2, 0) is 10.3 Å². The minimum absolute atomic E-state index is 0.125. The Bertz CT molecular complexity index is 572. The lowest BCUT2D eigenvalue weighted by molar-refractivity contribution is -0.140. The fraction of sp³-hybridized carbons (Fsp3) is 0.333. The van der Waals surface area contributed by atoms with Gasteiger partial charge in [-0.15, -0.1) is 0 Å². The quantitative estimate of drug-likeness (QED) is 0.820. The van der Waals surface area contributed by atoms with Gasteiger partial charge in [-0.1, -0.05) is 12.1 Å². The summed E-state index contributed by atoms with van der Waals surface area (Å²) in [5.41, 5.74) is 1.54. The first kappa shape index (κ1) is 10.3. The first-order valence-corrected chi connectivity index (χ1v) is 5.56. The highest BCUT2D eigenvalue weighted by atomic mass is 16.4. The fourth-order valence-electron chi connectivity index (χ4n) is 2.41. The van der Waals surface area contributed by atoms with Gasteiger partial charge in [-0.25, -0.2) is 4.98 Å². The number of carbonyl (C=O) groups is 1. The van der Waals surface area contributed by atoms with Gasteiger partial charge < -0.3 is 15.0 Å². The van der Waals surface area contributed by atoms with Crippen LogP contribution in [0.1, 0.15) is 6.42 Å². The van der Waals surface area contributed by atoms with E-state index in [2.05, 4.69) is 10.3 Å². The number of rotatable bonds is 3. The van der Waals surface area contributed by atoms with E-state index in [0.717, 1.165) is 11.0 Å². The van der Waals surface area contributed by atoms with E-state index in [-0.39, 0.29) is 12.0 Å². The number of hydrogen-bond donors (Lipinski definition) is 2. The molecule has 0 spiro atoms. The number of nitrogens with one attached hydrogen (secondary N) is 1. The van der Waals surface area contributed by atoms with E-state index < -0.39 is 5.97 Å². The number of aliphatic carboxylic acids is 1. The Morgan fingerprint density at radius 1 is 1.47 bits per heavy atom. The Kier molecular flexibility index (Phi) is 2.16. The summed E-state index contributed by atoms with van der Waals surface area (Å²) < 4.78 is 1.99. The Hall–Kier alpha value is -1.88. The van der Waals surface area contributed by atoms with Crippen molar-refractivity contribution in [2.24, 2.45) is 0 Å². The van der Waals surface area contributed by atoms with Crippen LogP contribution < -0.4 is 5.32 Å². The molecule has 1 saturated heterocycles. The Balaban J connectivity index is 2.10. The van der Waals surface area contributed by atoms with E-state index in [0.29, 0.717) is 13.1 Å². The van der Waals surface area contributed by atoms with E-state index in [4.69, 9.17) is 5.11 Å². The van der Waals surface area contributed by atoms with Crippen molar-refractivity contribution >= 4 is 17.0 Å². The van der Waals surface area contributed by atoms with Gasteiger partial charge in [0.25, 0.3) is 0 Å². The molecule has 0 amide bonds. The normalized spacial score (nSPS) is 17.9. The van der Waals surface area contributed by atoms with Crippen molar-refractivity contribution in [2.45, 2.75) is 12.0 Å². The molecule has 0 atom stereocenters. The maximum Gasteiger partial charge on any atom is 0.305 e. The molecule has 1 aromatic heterocycles. The van der Waals surface area contributed by atoms with Crippen molar-refractivity contribution in [3.63, 3.8) is 0 Å². The van der Waals surface area contributed by atoms with Gasteiger partial charge in [-0.05, 0) is 12.1 Å². The lowest BCUT2D eigenvalue weighted by Crippen LogP contribution is -2.61. The molecule has 2 N–H and O–H groups in total. The number of para-hydroxylation sites is 2. The van der Waals surface area contributed by atoms with Crippen LogP contribution in [0.2, 0.25) is 0 Å². The second kappa shape index (κ2) is 3.56. The minimum atomic E-state index is -0.774. The van der Waals surface area contributed by atoms with Crippen molar-refractivity contribution in [3.05, 3.63) is 30.6 Å². The fourth-order valence-corrected chi connectivity index (χ4v) is 2.41. The number of nitrogens with zero attached hydrogens (tertiary/aromatic N) is 2. The number of aromatic nitrogens is 2. The average Bonchev–Trinajstić information content (AvgIpc) is 2.67. The monoisotopic (exact) mass is 231 g/mol. The summed E-state index contributed by atoms with van der Waals surface area (Å²) in [7, 11) is 0. The van der Waals surface area contributed by atoms with E-state index in [1.165, 1.54) is 0 Å². The van der Waals surface area contributed by atoms with Crippen LogP contribution in [-0.4, -0.2) is 33.7 Å². The van der Waals surface area contributed by atoms with Crippen molar-refractivity contribution in [1.29, 1.82) is 0 Å². The maximum absolute atomic E-state index is 11.0. The van der Waals surface area contributed by atoms with Gasteiger partial charge >= 0.3 is 5.97 Å². The Morgan fingerprint density at radius 2 is 2.24 bits per heavy atom. The molecule has 1 aliphatic heterocycles. The molecule has 5 nitrogen and oxygen atoms in total. The van der Waals surface area contributed by atoms with Crippen LogP contribution in [0.4, 0.5) is 0 Å². The molecule has 0 aliphatic carbocycles. The molecule has 0 bridgehead atoms. The smallest absolute Gasteiger partial charge is 0.305 e. The third-order valence-corrected chi connectivity index (χ3v) is 3.35. The average molecular weight is 231 g/mol. The summed E-state index contributed by atoms with van der Waals surface area (Å²) >= 11 is 0. The minimum Gasteiger partial charge on any atom is -0.481 e. The highest BCUT2D eigenvalue weighted by molar-refractivity contribution is 5.76. The van der Waals surface area contributed by atoms with Gasteiger partial charge in [0.1, 0.15) is 0 Å². The zero-order chi connectivity index (χ0) is 11.9. The molecule has 2 heterocycles. The van der Waals surface area contributed by atoms with Gasteiger partial charge in [-0.3, -0.25) is 4.79 Å². The standard InChI is InChI=1S/C12H13N3O2/c16-11(17)5-12(6-13-7-12)15-8-14-9-3-1-2-4-10(9)15/h1-4,8,13H,5-7H2,(H,16,17). The van der Waals surface area contributed by atoms with Crippen molar-refractivity contribution < 1.29 is 9.90 Å². The molecular weight excluding hydrogens is 218 g/mol. The topological polar surface area (TPSA) is 67.1 Å². The number of hydrogen-bond acceptors (Lipinski definition) is 3. The summed E-state index contributed by atoms with van der Waals surface area (Å²) in [6, 6.07) is 7.79. The molecule has 88 valence electrons. The van der Waals surface area contributed by atoms with Crippen LogP contribution in [0.15, 0.2) is 30.6 Å². The Labute approximate surface area is 98.1 Å². The van der Waals surface area contributed by atoms with E-state index in [9.17, 15) is 4.79 Å². The second-order valence-electron chi connectivity index (χ2n) is 4.50. The molecule has 1 aliphatic rings. The first-order chi connectivity index (χ1) is 8.21. The molecule has 0 radical (unpaired) electrons. The van der Waals surface area contributed by atoms with Crippen LogP contribution in [0, 0.1) is 0 Å². The SMILES string of the molecule is O=C(O)CC1(n2cnc3ccccc32)CNC1. The number of imidazole rings is 1. The predicted octanol–water partition coefficient (Wildman–Crippen LogP) is 0.810. The number of benzene rings is 1. The third-order valence-electron chi connectivity index (χ3n) is 3.35. The van der Waals surface area contributed by atoms with Crippen LogP contribution >= 0.6 is 0 Å². The van der Waals surface area contributed by atoms with Crippen LogP contribution in [0.3, 0.4) is 0 Å². The maximum atomic E-state index is 11.0. The van der Waals surface area contributed by atoms with E-state index in [1.54, 1.807) is 6.33 Å². The highest BCUT2D eigenvalue weighted by Crippen LogP contribution is 2.29. The molecule has 17 heavy (non-hydrogen) atoms. The van der Waals surface area contributed by atoms with Gasteiger partial charge in [0.05, 0.1) is 29.3 Å². The van der Waals surface area contributed by atoms with Gasteiger partial charge in [-0.2, -0.15) is 0 Å². The molecule has 1 aromatic carbocycles. The molecule has 5 heteroatoms. The Morgan fingerprint density at radius 3 is 2.88 bits per heavy atom. The molecule has 1 fully saturated rings. The summed E-state index contributed by atoms with van der Waals surface area (Å²) in [6.07, 6.45) is 1.87. The van der Waals surface area contributed by atoms with Crippen molar-refractivity contribution in [1.82, 2.24) is 14.9 Å². The highest BCUT2D eigenvalue weighted by Gasteiger charge is 2.41. The number of carboxylic acid groups (broad SMARTS) is 1. The van der Waals surface area contributed by atoms with Crippen LogP contribution in [0.5, 0.6) is 0 Å². The lowest BCUT2D eigenvalue weighted by Gasteiger charge is -2.43. The van der Waals surface area contributed by atoms with Gasteiger partial charge in [0.2, 0.25) is 0 Å². The molecule has 0 unspecified atom stereocenters. The predicted molar refractivity (Wildman–Crippen MR) is 62.8 cm³/mol. The number of fused-ring (bicyclic) bond motifs is 1. The molecule has 0 saturated carbocycles. The number of carboxylic acids is 1. The van der Waals surface area contributed by atoms with Gasteiger partial charge in [0.15, 0.2) is 0 Å². The molecular formula is C12H13N3O2. The summed E-state index contributed by atoms with van der Waals surface area (Å²) in [4.78, 5) is 15.3. The summed E-state index contributed by atoms with van der Waals surface area (Å²) in [6.45, 7) is 1.36. The van der Waals surface area contributed by atoms with E-state index in [1.807, 2.05) is 28.8 Å². The van der Waals surface area contributed by atoms with Crippen molar-refractivity contribution in [2.75, 3.05) is 13.1 Å². The van der Waals surface area contributed by atoms with E-state index >= 15 is 0 Å². The zero-order valence-electron chi connectivity index (χ0n) is 9.26. The summed E-state index contributed by atoms with van der Waals surface area (Å²) in [5, 5.41) is 12.2. The molecule has 3 rings (SSSR count).